The summed E-state index contributed by atoms with van der Waals surface area (Å²) in [6.07, 6.45) is -0.0196. The third-order valence-corrected chi connectivity index (χ3v) is 3.92. The van der Waals surface area contributed by atoms with Crippen molar-refractivity contribution >= 4 is 30.0 Å². The number of benzene rings is 2. The molecule has 0 aliphatic carbocycles. The summed E-state index contributed by atoms with van der Waals surface area (Å²) in [5.41, 5.74) is 9.02. The number of carbonyl (C=O) groups is 1. The van der Waals surface area contributed by atoms with Crippen LogP contribution >= 0.6 is 24.0 Å². The van der Waals surface area contributed by atoms with Crippen LogP contribution in [-0.2, 0) is 11.4 Å². The van der Waals surface area contributed by atoms with Gasteiger partial charge in [0.15, 0.2) is 0 Å². The lowest BCUT2D eigenvalue weighted by Gasteiger charge is -2.15. The van der Waals surface area contributed by atoms with Crippen molar-refractivity contribution in [3.63, 3.8) is 0 Å². The zero-order valence-corrected chi connectivity index (χ0v) is 14.0. The molecule has 0 amide bonds. The molecule has 1 atom stereocenters. The van der Waals surface area contributed by atoms with Gasteiger partial charge in [0.2, 0.25) is 0 Å². The SMILES string of the molecule is Cl.NC[C@H](CC(=O)O)c1ccc(Cl)c(-c2cccc(CO)c2)c1. The first-order valence-corrected chi connectivity index (χ1v) is 7.34. The molecule has 0 bridgehead atoms. The lowest BCUT2D eigenvalue weighted by Crippen LogP contribution is -2.16. The Balaban J connectivity index is 0.00000264. The molecule has 0 aliphatic rings. The Morgan fingerprint density at radius 1 is 1.22 bits per heavy atom. The summed E-state index contributed by atoms with van der Waals surface area (Å²) in [5.74, 6) is -1.14. The molecule has 6 heteroatoms. The minimum absolute atomic E-state index is 0. The largest absolute Gasteiger partial charge is 0.481 e. The molecule has 23 heavy (non-hydrogen) atoms. The molecule has 124 valence electrons. The van der Waals surface area contributed by atoms with Crippen molar-refractivity contribution in [2.24, 2.45) is 5.73 Å². The molecule has 4 nitrogen and oxygen atoms in total. The molecule has 0 aromatic heterocycles. The van der Waals surface area contributed by atoms with Crippen molar-refractivity contribution in [2.45, 2.75) is 18.9 Å². The van der Waals surface area contributed by atoms with Gasteiger partial charge in [-0.2, -0.15) is 0 Å². The molecule has 2 aromatic carbocycles. The summed E-state index contributed by atoms with van der Waals surface area (Å²) in [7, 11) is 0. The number of hydrogen-bond donors (Lipinski definition) is 3. The van der Waals surface area contributed by atoms with E-state index in [0.29, 0.717) is 5.02 Å². The maximum absolute atomic E-state index is 10.9. The zero-order valence-electron chi connectivity index (χ0n) is 12.4. The van der Waals surface area contributed by atoms with Crippen LogP contribution < -0.4 is 5.73 Å². The van der Waals surface area contributed by atoms with Crippen molar-refractivity contribution in [1.29, 1.82) is 0 Å². The number of nitrogens with two attached hydrogens (primary N) is 1. The molecule has 0 spiro atoms. The van der Waals surface area contributed by atoms with E-state index < -0.39 is 5.97 Å². The van der Waals surface area contributed by atoms with Crippen molar-refractivity contribution in [3.05, 3.63) is 58.6 Å². The smallest absolute Gasteiger partial charge is 0.304 e. The third-order valence-electron chi connectivity index (χ3n) is 3.59. The van der Waals surface area contributed by atoms with Gasteiger partial charge in [-0.3, -0.25) is 4.79 Å². The topological polar surface area (TPSA) is 83.6 Å². The predicted molar refractivity (Wildman–Crippen MR) is 94.1 cm³/mol. The van der Waals surface area contributed by atoms with Crippen molar-refractivity contribution in [3.8, 4) is 11.1 Å². The maximum atomic E-state index is 10.9. The Kier molecular flexibility index (Phi) is 7.52. The number of aliphatic hydroxyl groups is 1. The number of aliphatic carboxylic acids is 1. The Bertz CT molecular complexity index is 677. The van der Waals surface area contributed by atoms with Crippen molar-refractivity contribution < 1.29 is 15.0 Å². The minimum Gasteiger partial charge on any atom is -0.481 e. The van der Waals surface area contributed by atoms with Crippen LogP contribution in [0.5, 0.6) is 0 Å². The van der Waals surface area contributed by atoms with Gasteiger partial charge in [0, 0.05) is 16.5 Å². The normalized spacial score (nSPS) is 11.6. The minimum atomic E-state index is -0.880. The zero-order chi connectivity index (χ0) is 16.1. The number of hydrogen-bond acceptors (Lipinski definition) is 3. The first-order chi connectivity index (χ1) is 10.5. The molecule has 0 heterocycles. The van der Waals surface area contributed by atoms with Gasteiger partial charge in [-0.1, -0.05) is 35.9 Å². The summed E-state index contributed by atoms with van der Waals surface area (Å²) in [4.78, 5) is 10.9. The van der Waals surface area contributed by atoms with E-state index >= 15 is 0 Å². The number of carboxylic acids is 1. The van der Waals surface area contributed by atoms with Crippen LogP contribution in [0, 0.1) is 0 Å². The van der Waals surface area contributed by atoms with Crippen LogP contribution in [0.3, 0.4) is 0 Å². The molecule has 0 unspecified atom stereocenters. The Labute approximate surface area is 146 Å². The maximum Gasteiger partial charge on any atom is 0.304 e. The molecule has 0 aliphatic heterocycles. The van der Waals surface area contributed by atoms with Crippen LogP contribution in [-0.4, -0.2) is 22.7 Å². The van der Waals surface area contributed by atoms with E-state index in [2.05, 4.69) is 0 Å². The second kappa shape index (κ2) is 8.89. The number of halogens is 2. The summed E-state index contributed by atoms with van der Waals surface area (Å²) in [5, 5.41) is 18.8. The van der Waals surface area contributed by atoms with Gasteiger partial charge in [0.25, 0.3) is 0 Å². The molecular formula is C17H19Cl2NO3. The van der Waals surface area contributed by atoms with Crippen molar-refractivity contribution in [1.82, 2.24) is 0 Å². The van der Waals surface area contributed by atoms with Gasteiger partial charge < -0.3 is 15.9 Å². The monoisotopic (exact) mass is 355 g/mol. The van der Waals surface area contributed by atoms with Gasteiger partial charge in [-0.25, -0.2) is 0 Å². The van der Waals surface area contributed by atoms with Crippen molar-refractivity contribution in [2.75, 3.05) is 6.54 Å². The number of rotatable bonds is 6. The van der Waals surface area contributed by atoms with E-state index in [1.54, 1.807) is 6.07 Å². The molecular weight excluding hydrogens is 337 g/mol. The average Bonchev–Trinajstić information content (AvgIpc) is 2.53. The molecule has 2 aromatic rings. The molecule has 0 saturated heterocycles. The Hall–Kier alpha value is -1.59. The van der Waals surface area contributed by atoms with Crippen LogP contribution in [0.25, 0.3) is 11.1 Å². The second-order valence-corrected chi connectivity index (χ2v) is 5.54. The highest BCUT2D eigenvalue weighted by atomic mass is 35.5. The standard InChI is InChI=1S/C17H18ClNO3.ClH/c18-16-5-4-12(14(9-19)8-17(21)22)7-15(16)13-3-1-2-11(6-13)10-20;/h1-7,14,20H,8-10,19H2,(H,21,22);1H/t14-;/m0./s1. The van der Waals surface area contributed by atoms with Gasteiger partial charge in [0.05, 0.1) is 13.0 Å². The quantitative estimate of drug-likeness (QED) is 0.740. The first-order valence-electron chi connectivity index (χ1n) is 6.96. The lowest BCUT2D eigenvalue weighted by molar-refractivity contribution is -0.137. The summed E-state index contributed by atoms with van der Waals surface area (Å²) in [6.45, 7) is 0.208. The van der Waals surface area contributed by atoms with Crippen LogP contribution in [0.4, 0.5) is 0 Å². The van der Waals surface area contributed by atoms with E-state index in [1.165, 1.54) is 0 Å². The van der Waals surface area contributed by atoms with Gasteiger partial charge >= 0.3 is 5.97 Å². The highest BCUT2D eigenvalue weighted by Gasteiger charge is 2.16. The second-order valence-electron chi connectivity index (χ2n) is 5.13. The molecule has 0 radical (unpaired) electrons. The van der Waals surface area contributed by atoms with E-state index in [-0.39, 0.29) is 37.9 Å². The fourth-order valence-electron chi connectivity index (χ4n) is 2.40. The summed E-state index contributed by atoms with van der Waals surface area (Å²) in [6, 6.07) is 12.9. The average molecular weight is 356 g/mol. The summed E-state index contributed by atoms with van der Waals surface area (Å²) >= 11 is 6.27. The van der Waals surface area contributed by atoms with E-state index in [4.69, 9.17) is 22.4 Å². The number of aliphatic hydroxyl groups excluding tert-OH is 1. The van der Waals surface area contributed by atoms with E-state index in [1.807, 2.05) is 36.4 Å². The molecule has 0 saturated carbocycles. The highest BCUT2D eigenvalue weighted by Crippen LogP contribution is 2.32. The summed E-state index contributed by atoms with van der Waals surface area (Å²) < 4.78 is 0. The first kappa shape index (κ1) is 19.5. The highest BCUT2D eigenvalue weighted by molar-refractivity contribution is 6.33. The number of carboxylic acid groups (broad SMARTS) is 1. The van der Waals surface area contributed by atoms with Gasteiger partial charge in [0.1, 0.15) is 0 Å². The van der Waals surface area contributed by atoms with E-state index in [9.17, 15) is 9.90 Å². The molecule has 0 fully saturated rings. The fourth-order valence-corrected chi connectivity index (χ4v) is 2.63. The molecule has 2 rings (SSSR count). The lowest BCUT2D eigenvalue weighted by atomic mass is 9.92. The van der Waals surface area contributed by atoms with Crippen LogP contribution in [0.1, 0.15) is 23.5 Å². The van der Waals surface area contributed by atoms with Gasteiger partial charge in [-0.15, -0.1) is 12.4 Å². The fraction of sp³-hybridized carbons (Fsp3) is 0.235. The van der Waals surface area contributed by atoms with Gasteiger partial charge in [-0.05, 0) is 41.4 Å². The van der Waals surface area contributed by atoms with E-state index in [0.717, 1.165) is 22.3 Å². The van der Waals surface area contributed by atoms with Crippen LogP contribution in [0.15, 0.2) is 42.5 Å². The Morgan fingerprint density at radius 2 is 1.96 bits per heavy atom. The Morgan fingerprint density at radius 3 is 2.57 bits per heavy atom. The predicted octanol–water partition coefficient (Wildman–Crippen LogP) is 3.44. The van der Waals surface area contributed by atoms with Crippen LogP contribution in [0.2, 0.25) is 5.02 Å². The third kappa shape index (κ3) is 4.94. The molecule has 4 N–H and O–H groups in total.